The molecule has 6 heteroatoms. The second-order valence-electron chi connectivity index (χ2n) is 4.63. The molecule has 1 aliphatic heterocycles. The summed E-state index contributed by atoms with van der Waals surface area (Å²) < 4.78 is 5.10. The molecule has 0 saturated carbocycles. The molecule has 0 spiro atoms. The van der Waals surface area contributed by atoms with Gasteiger partial charge in [0.15, 0.2) is 0 Å². The van der Waals surface area contributed by atoms with E-state index < -0.39 is 11.4 Å². The van der Waals surface area contributed by atoms with Gasteiger partial charge in [0.05, 0.1) is 6.61 Å². The quantitative estimate of drug-likeness (QED) is 0.840. The van der Waals surface area contributed by atoms with Crippen LogP contribution in [0.1, 0.15) is 23.2 Å². The van der Waals surface area contributed by atoms with Gasteiger partial charge in [-0.25, -0.2) is 0 Å². The van der Waals surface area contributed by atoms with Crippen LogP contribution in [-0.2, 0) is 9.53 Å². The number of primary amides is 1. The molecule has 1 unspecified atom stereocenters. The molecule has 2 amide bonds. The molecule has 0 bridgehead atoms. The molecule has 1 aromatic rings. The summed E-state index contributed by atoms with van der Waals surface area (Å²) in [7, 11) is 1.50. The predicted octanol–water partition coefficient (Wildman–Crippen LogP) is 0.188. The maximum atomic E-state index is 12.5. The van der Waals surface area contributed by atoms with Crippen molar-refractivity contribution in [1.82, 2.24) is 9.88 Å². The van der Waals surface area contributed by atoms with E-state index in [1.807, 2.05) is 0 Å². The first-order valence-electron chi connectivity index (χ1n) is 6.12. The lowest BCUT2D eigenvalue weighted by Gasteiger charge is -2.35. The number of ether oxygens (including phenoxy) is 1. The molecular formula is C13H17N3O3. The van der Waals surface area contributed by atoms with Crippen LogP contribution in [-0.4, -0.2) is 47.5 Å². The van der Waals surface area contributed by atoms with Gasteiger partial charge < -0.3 is 15.4 Å². The van der Waals surface area contributed by atoms with Crippen molar-refractivity contribution in [3.05, 3.63) is 30.1 Å². The Bertz CT molecular complexity index is 477. The highest BCUT2D eigenvalue weighted by Crippen LogP contribution is 2.31. The molecule has 2 rings (SSSR count). The summed E-state index contributed by atoms with van der Waals surface area (Å²) in [5.74, 6) is -0.731. The molecule has 0 aromatic carbocycles. The summed E-state index contributed by atoms with van der Waals surface area (Å²) in [6, 6.07) is 3.25. The number of carbonyl (C=O) groups excluding carboxylic acids is 2. The average molecular weight is 263 g/mol. The number of carbonyl (C=O) groups is 2. The predicted molar refractivity (Wildman–Crippen MR) is 68.3 cm³/mol. The molecule has 2 N–H and O–H groups in total. The number of methoxy groups -OCH3 is 1. The Morgan fingerprint density at radius 1 is 1.47 bits per heavy atom. The average Bonchev–Trinajstić information content (AvgIpc) is 2.84. The molecule has 0 radical (unpaired) electrons. The smallest absolute Gasteiger partial charge is 0.254 e. The number of likely N-dealkylation sites (tertiary alicyclic amines) is 1. The summed E-state index contributed by atoms with van der Waals surface area (Å²) in [4.78, 5) is 29.7. The normalized spacial score (nSPS) is 22.5. The second-order valence-corrected chi connectivity index (χ2v) is 4.63. The highest BCUT2D eigenvalue weighted by molar-refractivity contribution is 5.99. The van der Waals surface area contributed by atoms with Gasteiger partial charge in [-0.2, -0.15) is 0 Å². The summed E-state index contributed by atoms with van der Waals surface area (Å²) in [6.07, 6.45) is 4.37. The minimum Gasteiger partial charge on any atom is -0.382 e. The third kappa shape index (κ3) is 2.31. The molecular weight excluding hydrogens is 246 g/mol. The molecule has 19 heavy (non-hydrogen) atoms. The van der Waals surface area contributed by atoms with E-state index in [0.29, 0.717) is 18.5 Å². The SMILES string of the molecule is COCC1(C(N)=O)CCCN1C(=O)c1ccncc1. The Kier molecular flexibility index (Phi) is 3.80. The number of pyridine rings is 1. The minimum absolute atomic E-state index is 0.124. The molecule has 1 saturated heterocycles. The third-order valence-corrected chi connectivity index (χ3v) is 3.50. The fourth-order valence-electron chi connectivity index (χ4n) is 2.54. The van der Waals surface area contributed by atoms with E-state index in [4.69, 9.17) is 10.5 Å². The number of nitrogens with two attached hydrogens (primary N) is 1. The lowest BCUT2D eigenvalue weighted by atomic mass is 9.95. The Morgan fingerprint density at radius 2 is 2.16 bits per heavy atom. The highest BCUT2D eigenvalue weighted by atomic mass is 16.5. The van der Waals surface area contributed by atoms with Crippen LogP contribution in [0.3, 0.4) is 0 Å². The number of rotatable bonds is 4. The van der Waals surface area contributed by atoms with Gasteiger partial charge in [0.2, 0.25) is 5.91 Å². The van der Waals surface area contributed by atoms with Crippen LogP contribution in [0.4, 0.5) is 0 Å². The van der Waals surface area contributed by atoms with Crippen molar-refractivity contribution in [3.8, 4) is 0 Å². The highest BCUT2D eigenvalue weighted by Gasteiger charge is 2.48. The van der Waals surface area contributed by atoms with E-state index in [9.17, 15) is 9.59 Å². The Hall–Kier alpha value is -1.95. The second kappa shape index (κ2) is 5.36. The van der Waals surface area contributed by atoms with Crippen molar-refractivity contribution >= 4 is 11.8 Å². The molecule has 2 heterocycles. The lowest BCUT2D eigenvalue weighted by Crippen LogP contribution is -2.58. The van der Waals surface area contributed by atoms with Gasteiger partial charge in [-0.3, -0.25) is 14.6 Å². The van der Waals surface area contributed by atoms with E-state index in [2.05, 4.69) is 4.98 Å². The van der Waals surface area contributed by atoms with Crippen molar-refractivity contribution in [1.29, 1.82) is 0 Å². The number of amides is 2. The lowest BCUT2D eigenvalue weighted by molar-refractivity contribution is -0.130. The molecule has 1 aromatic heterocycles. The third-order valence-electron chi connectivity index (χ3n) is 3.50. The van der Waals surface area contributed by atoms with Crippen molar-refractivity contribution < 1.29 is 14.3 Å². The van der Waals surface area contributed by atoms with Crippen LogP contribution < -0.4 is 5.73 Å². The van der Waals surface area contributed by atoms with E-state index >= 15 is 0 Å². The van der Waals surface area contributed by atoms with Crippen LogP contribution in [0.15, 0.2) is 24.5 Å². The van der Waals surface area contributed by atoms with E-state index in [1.165, 1.54) is 12.0 Å². The van der Waals surface area contributed by atoms with Crippen molar-refractivity contribution in [2.24, 2.45) is 5.73 Å². The van der Waals surface area contributed by atoms with Gasteiger partial charge >= 0.3 is 0 Å². The van der Waals surface area contributed by atoms with Crippen LogP contribution in [0.25, 0.3) is 0 Å². The largest absolute Gasteiger partial charge is 0.382 e. The summed E-state index contributed by atoms with van der Waals surface area (Å²) >= 11 is 0. The van der Waals surface area contributed by atoms with Crippen molar-refractivity contribution in [2.75, 3.05) is 20.3 Å². The zero-order chi connectivity index (χ0) is 13.9. The topological polar surface area (TPSA) is 85.5 Å². The van der Waals surface area contributed by atoms with Gasteiger partial charge in [-0.1, -0.05) is 0 Å². The fraction of sp³-hybridized carbons (Fsp3) is 0.462. The Morgan fingerprint density at radius 3 is 2.74 bits per heavy atom. The number of aromatic nitrogens is 1. The van der Waals surface area contributed by atoms with Crippen LogP contribution in [0.5, 0.6) is 0 Å². The van der Waals surface area contributed by atoms with Crippen molar-refractivity contribution in [2.45, 2.75) is 18.4 Å². The Balaban J connectivity index is 2.32. The van der Waals surface area contributed by atoms with E-state index in [0.717, 1.165) is 6.42 Å². The Labute approximate surface area is 111 Å². The molecule has 1 aliphatic rings. The van der Waals surface area contributed by atoms with Crippen LogP contribution in [0, 0.1) is 0 Å². The molecule has 6 nitrogen and oxygen atoms in total. The summed E-state index contributed by atoms with van der Waals surface area (Å²) in [5, 5.41) is 0. The summed E-state index contributed by atoms with van der Waals surface area (Å²) in [6.45, 7) is 0.632. The first-order valence-corrected chi connectivity index (χ1v) is 6.12. The van der Waals surface area contributed by atoms with Crippen molar-refractivity contribution in [3.63, 3.8) is 0 Å². The molecule has 0 aliphatic carbocycles. The van der Waals surface area contributed by atoms with Gasteiger partial charge in [0, 0.05) is 31.6 Å². The first kappa shape index (κ1) is 13.5. The van der Waals surface area contributed by atoms with Gasteiger partial charge in [0.25, 0.3) is 5.91 Å². The maximum absolute atomic E-state index is 12.5. The molecule has 102 valence electrons. The van der Waals surface area contributed by atoms with E-state index in [-0.39, 0.29) is 12.5 Å². The maximum Gasteiger partial charge on any atom is 0.254 e. The first-order chi connectivity index (χ1) is 9.12. The number of hydrogen-bond acceptors (Lipinski definition) is 4. The van der Waals surface area contributed by atoms with Gasteiger partial charge in [-0.15, -0.1) is 0 Å². The monoisotopic (exact) mass is 263 g/mol. The minimum atomic E-state index is -1.03. The number of nitrogens with zero attached hydrogens (tertiary/aromatic N) is 2. The van der Waals surface area contributed by atoms with Crippen LogP contribution in [0.2, 0.25) is 0 Å². The van der Waals surface area contributed by atoms with Gasteiger partial charge in [-0.05, 0) is 25.0 Å². The molecule has 1 fully saturated rings. The number of hydrogen-bond donors (Lipinski definition) is 1. The van der Waals surface area contributed by atoms with Gasteiger partial charge in [0.1, 0.15) is 5.54 Å². The zero-order valence-electron chi connectivity index (χ0n) is 10.8. The van der Waals surface area contributed by atoms with Crippen LogP contribution >= 0.6 is 0 Å². The fourth-order valence-corrected chi connectivity index (χ4v) is 2.54. The summed E-state index contributed by atoms with van der Waals surface area (Å²) in [5.41, 5.74) is 4.97. The molecule has 1 atom stereocenters. The van der Waals surface area contributed by atoms with E-state index in [1.54, 1.807) is 24.5 Å². The standard InChI is InChI=1S/C13H17N3O3/c1-19-9-13(12(14)18)5-2-8-16(13)11(17)10-3-6-15-7-4-10/h3-4,6-7H,2,5,8-9H2,1H3,(H2,14,18). The zero-order valence-corrected chi connectivity index (χ0v) is 10.8.